The van der Waals surface area contributed by atoms with Crippen molar-refractivity contribution in [2.75, 3.05) is 6.54 Å². The largest absolute Gasteiger partial charge is 0.481 e. The summed E-state index contributed by atoms with van der Waals surface area (Å²) < 4.78 is 13.2. The number of hydroxylamine groups is 2. The second-order valence-corrected chi connectivity index (χ2v) is 6.23. The van der Waals surface area contributed by atoms with Gasteiger partial charge in [0.2, 0.25) is 0 Å². The minimum absolute atomic E-state index is 0.0632. The van der Waals surface area contributed by atoms with Gasteiger partial charge in [-0.3, -0.25) is 9.63 Å². The molecule has 2 aromatic rings. The highest BCUT2D eigenvalue weighted by Gasteiger charge is 2.46. The third-order valence-electron chi connectivity index (χ3n) is 4.67. The van der Waals surface area contributed by atoms with Crippen LogP contribution in [-0.4, -0.2) is 28.6 Å². The van der Waals surface area contributed by atoms with E-state index in [1.807, 2.05) is 36.3 Å². The summed E-state index contributed by atoms with van der Waals surface area (Å²) in [5.41, 5.74) is 0.236. The molecule has 0 bridgehead atoms. The summed E-state index contributed by atoms with van der Waals surface area (Å²) in [6, 6.07) is 14.8. The van der Waals surface area contributed by atoms with E-state index in [9.17, 15) is 19.1 Å². The Labute approximate surface area is 150 Å². The van der Waals surface area contributed by atoms with Crippen LogP contribution < -0.4 is 0 Å². The number of carboxylic acids is 1. The summed E-state index contributed by atoms with van der Waals surface area (Å²) in [4.78, 5) is 29.1. The van der Waals surface area contributed by atoms with E-state index in [2.05, 4.69) is 0 Å². The van der Waals surface area contributed by atoms with E-state index >= 15 is 0 Å². The predicted molar refractivity (Wildman–Crippen MR) is 92.1 cm³/mol. The van der Waals surface area contributed by atoms with E-state index < -0.39 is 17.2 Å². The molecule has 1 aliphatic heterocycles. The number of piperidine rings is 1. The molecule has 0 spiro atoms. The molecule has 5 nitrogen and oxygen atoms in total. The first-order valence-electron chi connectivity index (χ1n) is 8.23. The van der Waals surface area contributed by atoms with Gasteiger partial charge in [-0.1, -0.05) is 42.5 Å². The predicted octanol–water partition coefficient (Wildman–Crippen LogP) is 3.09. The first-order valence-corrected chi connectivity index (χ1v) is 8.23. The van der Waals surface area contributed by atoms with E-state index in [1.165, 1.54) is 29.3 Å². The molecule has 0 saturated carbocycles. The Morgan fingerprint density at radius 2 is 1.88 bits per heavy atom. The summed E-state index contributed by atoms with van der Waals surface area (Å²) in [5.74, 6) is 0.315. The zero-order chi connectivity index (χ0) is 18.6. The molecule has 0 aromatic heterocycles. The standard InChI is InChI=1S/C20H18FNO4/c21-17-8-6-16(7-9-17)20(19(24)25)10-11-22(18(12-20)13-23)26-14-15-4-2-1-3-5-15/h1-9H,10-12,14H2,(H,24,25). The zero-order valence-electron chi connectivity index (χ0n) is 14.0. The fourth-order valence-electron chi connectivity index (χ4n) is 3.17. The van der Waals surface area contributed by atoms with Crippen molar-refractivity contribution in [3.63, 3.8) is 0 Å². The van der Waals surface area contributed by atoms with Gasteiger partial charge in [0.1, 0.15) is 22.9 Å². The van der Waals surface area contributed by atoms with Gasteiger partial charge in [-0.15, -0.1) is 0 Å². The minimum atomic E-state index is -1.30. The van der Waals surface area contributed by atoms with Crippen LogP contribution in [0.15, 0.2) is 60.3 Å². The van der Waals surface area contributed by atoms with Crippen LogP contribution in [0.5, 0.6) is 0 Å². The van der Waals surface area contributed by atoms with Gasteiger partial charge in [-0.05, 0) is 29.7 Å². The van der Waals surface area contributed by atoms with Gasteiger partial charge in [0.25, 0.3) is 0 Å². The van der Waals surface area contributed by atoms with Crippen LogP contribution in [0.1, 0.15) is 24.0 Å². The number of carbonyl (C=O) groups excluding carboxylic acids is 1. The van der Waals surface area contributed by atoms with Gasteiger partial charge in [-0.2, -0.15) is 0 Å². The van der Waals surface area contributed by atoms with Crippen molar-refractivity contribution >= 4 is 11.9 Å². The van der Waals surface area contributed by atoms with Crippen molar-refractivity contribution in [2.24, 2.45) is 0 Å². The van der Waals surface area contributed by atoms with Gasteiger partial charge in [0.05, 0.1) is 6.61 Å². The number of halogens is 1. The lowest BCUT2D eigenvalue weighted by atomic mass is 9.72. The monoisotopic (exact) mass is 355 g/mol. The molecular weight excluding hydrogens is 337 g/mol. The Morgan fingerprint density at radius 1 is 1.19 bits per heavy atom. The van der Waals surface area contributed by atoms with Gasteiger partial charge in [0, 0.05) is 13.0 Å². The maximum Gasteiger partial charge on any atom is 0.314 e. The highest BCUT2D eigenvalue weighted by molar-refractivity contribution is 5.82. The minimum Gasteiger partial charge on any atom is -0.481 e. The van der Waals surface area contributed by atoms with Crippen LogP contribution in [-0.2, 0) is 26.4 Å². The van der Waals surface area contributed by atoms with Crippen LogP contribution in [0, 0.1) is 5.82 Å². The van der Waals surface area contributed by atoms with Crippen LogP contribution >= 0.6 is 0 Å². The van der Waals surface area contributed by atoms with Crippen molar-refractivity contribution in [1.29, 1.82) is 0 Å². The second kappa shape index (κ2) is 7.52. The average molecular weight is 355 g/mol. The van der Waals surface area contributed by atoms with Crippen LogP contribution in [0.25, 0.3) is 0 Å². The van der Waals surface area contributed by atoms with Crippen molar-refractivity contribution in [2.45, 2.75) is 24.9 Å². The van der Waals surface area contributed by atoms with Crippen molar-refractivity contribution in [1.82, 2.24) is 5.06 Å². The molecule has 0 radical (unpaired) electrons. The molecule has 1 aliphatic rings. The van der Waals surface area contributed by atoms with E-state index in [0.29, 0.717) is 5.56 Å². The molecule has 1 unspecified atom stereocenters. The number of carboxylic acid groups (broad SMARTS) is 1. The van der Waals surface area contributed by atoms with Gasteiger partial charge in [0.15, 0.2) is 0 Å². The van der Waals surface area contributed by atoms with Crippen LogP contribution in [0.4, 0.5) is 4.39 Å². The Kier molecular flexibility index (Phi) is 5.16. The molecule has 3 rings (SSSR count). The lowest BCUT2D eigenvalue weighted by Crippen LogP contribution is -2.46. The lowest BCUT2D eigenvalue weighted by Gasteiger charge is -2.39. The zero-order valence-corrected chi connectivity index (χ0v) is 14.0. The first-order chi connectivity index (χ1) is 12.5. The highest BCUT2D eigenvalue weighted by Crippen LogP contribution is 2.39. The Morgan fingerprint density at radius 3 is 2.50 bits per heavy atom. The normalized spacial score (nSPS) is 19.9. The fraction of sp³-hybridized carbons (Fsp3) is 0.250. The molecule has 1 N–H and O–H groups in total. The first kappa shape index (κ1) is 17.9. The summed E-state index contributed by atoms with van der Waals surface area (Å²) in [6.07, 6.45) is 0.167. The van der Waals surface area contributed by atoms with Crippen molar-refractivity contribution in [3.8, 4) is 0 Å². The Bertz CT molecular complexity index is 831. The highest BCUT2D eigenvalue weighted by atomic mass is 19.1. The Balaban J connectivity index is 1.80. The van der Waals surface area contributed by atoms with Gasteiger partial charge >= 0.3 is 5.97 Å². The molecule has 26 heavy (non-hydrogen) atoms. The van der Waals surface area contributed by atoms with Gasteiger partial charge in [-0.25, -0.2) is 14.2 Å². The van der Waals surface area contributed by atoms with E-state index in [-0.39, 0.29) is 31.7 Å². The summed E-state index contributed by atoms with van der Waals surface area (Å²) in [5, 5.41) is 11.2. The molecule has 1 fully saturated rings. The van der Waals surface area contributed by atoms with Crippen molar-refractivity contribution < 1.29 is 23.9 Å². The topological polar surface area (TPSA) is 66.8 Å². The molecule has 0 aliphatic carbocycles. The number of aliphatic carboxylic acids is 1. The number of hydrogen-bond donors (Lipinski definition) is 1. The summed E-state index contributed by atoms with van der Waals surface area (Å²) >= 11 is 0. The smallest absolute Gasteiger partial charge is 0.314 e. The number of nitrogens with zero attached hydrogens (tertiary/aromatic N) is 1. The third-order valence-corrected chi connectivity index (χ3v) is 4.67. The number of benzene rings is 2. The van der Waals surface area contributed by atoms with Crippen LogP contribution in [0.3, 0.4) is 0 Å². The molecular formula is C20H18FNO4. The second-order valence-electron chi connectivity index (χ2n) is 6.23. The molecule has 6 heteroatoms. The molecule has 2 aromatic carbocycles. The van der Waals surface area contributed by atoms with E-state index in [1.54, 1.807) is 0 Å². The maximum absolute atomic E-state index is 13.2. The quantitative estimate of drug-likeness (QED) is 0.835. The SMILES string of the molecule is O=C=C1CC(C(=O)O)(c2ccc(F)cc2)CCN1OCc1ccccc1. The molecule has 134 valence electrons. The third kappa shape index (κ3) is 3.52. The van der Waals surface area contributed by atoms with Gasteiger partial charge < -0.3 is 5.11 Å². The van der Waals surface area contributed by atoms with E-state index in [0.717, 1.165) is 5.56 Å². The van der Waals surface area contributed by atoms with Crippen molar-refractivity contribution in [3.05, 3.63) is 77.2 Å². The maximum atomic E-state index is 13.2. The number of rotatable bonds is 5. The summed E-state index contributed by atoms with van der Waals surface area (Å²) in [7, 11) is 0. The molecule has 1 saturated heterocycles. The number of hydrogen-bond acceptors (Lipinski definition) is 4. The fourth-order valence-corrected chi connectivity index (χ4v) is 3.17. The summed E-state index contributed by atoms with van der Waals surface area (Å²) in [6.45, 7) is 0.490. The Hall–Kier alpha value is -2.95. The van der Waals surface area contributed by atoms with Crippen LogP contribution in [0.2, 0.25) is 0 Å². The number of allylic oxidation sites excluding steroid dienone is 1. The van der Waals surface area contributed by atoms with E-state index in [4.69, 9.17) is 4.84 Å². The molecule has 0 amide bonds. The molecule has 1 heterocycles. The molecule has 1 atom stereocenters. The average Bonchev–Trinajstić information content (AvgIpc) is 2.67. The lowest BCUT2D eigenvalue weighted by molar-refractivity contribution is -0.167. The number of carbonyl (C=O) groups is 1.